The van der Waals surface area contributed by atoms with Gasteiger partial charge in [0.25, 0.3) is 11.8 Å². The van der Waals surface area contributed by atoms with E-state index in [-0.39, 0.29) is 17.0 Å². The van der Waals surface area contributed by atoms with Crippen LogP contribution < -0.4 is 10.6 Å². The number of unbranched alkanes of at least 4 members (excludes halogenated alkanes) is 2. The van der Waals surface area contributed by atoms with Gasteiger partial charge in [0.1, 0.15) is 17.3 Å². The monoisotopic (exact) mass is 347 g/mol. The Morgan fingerprint density at radius 1 is 1.04 bits per heavy atom. The van der Waals surface area contributed by atoms with Crippen LogP contribution in [-0.2, 0) is 0 Å². The summed E-state index contributed by atoms with van der Waals surface area (Å²) in [7, 11) is 0. The summed E-state index contributed by atoms with van der Waals surface area (Å²) in [6, 6.07) is 4.61. The van der Waals surface area contributed by atoms with Crippen molar-refractivity contribution in [1.82, 2.24) is 10.3 Å². The highest BCUT2D eigenvalue weighted by Gasteiger charge is 2.15. The second-order valence-corrected chi connectivity index (χ2v) is 5.48. The predicted octanol–water partition coefficient (Wildman–Crippen LogP) is 3.53. The molecule has 1 aromatic carbocycles. The van der Waals surface area contributed by atoms with Crippen LogP contribution in [0.3, 0.4) is 0 Å². The normalized spacial score (nSPS) is 10.4. The average Bonchev–Trinajstić information content (AvgIpc) is 2.61. The minimum atomic E-state index is -0.883. The average molecular weight is 347 g/mol. The molecule has 2 N–H and O–H groups in total. The number of nitrogens with one attached hydrogen (secondary N) is 2. The first-order chi connectivity index (χ1) is 12.0. The van der Waals surface area contributed by atoms with E-state index in [1.165, 1.54) is 24.5 Å². The highest BCUT2D eigenvalue weighted by molar-refractivity contribution is 6.05. The van der Waals surface area contributed by atoms with Crippen LogP contribution in [0, 0.1) is 11.6 Å². The van der Waals surface area contributed by atoms with Gasteiger partial charge in [-0.1, -0.05) is 25.8 Å². The van der Waals surface area contributed by atoms with E-state index in [1.807, 2.05) is 0 Å². The number of para-hydroxylation sites is 1. The third-order valence-electron chi connectivity index (χ3n) is 3.53. The lowest BCUT2D eigenvalue weighted by Crippen LogP contribution is -2.25. The molecular formula is C18H19F2N3O2. The van der Waals surface area contributed by atoms with Gasteiger partial charge < -0.3 is 10.6 Å². The van der Waals surface area contributed by atoms with Gasteiger partial charge >= 0.3 is 0 Å². The molecule has 0 aliphatic heterocycles. The van der Waals surface area contributed by atoms with Crippen molar-refractivity contribution in [2.45, 2.75) is 26.2 Å². The second-order valence-electron chi connectivity index (χ2n) is 5.48. The minimum Gasteiger partial charge on any atom is -0.352 e. The summed E-state index contributed by atoms with van der Waals surface area (Å²) in [6.45, 7) is 2.59. The van der Waals surface area contributed by atoms with Gasteiger partial charge in [0.15, 0.2) is 0 Å². The van der Waals surface area contributed by atoms with Gasteiger partial charge in [-0.15, -0.1) is 0 Å². The Balaban J connectivity index is 2.07. The molecule has 0 atom stereocenters. The number of benzene rings is 1. The summed E-state index contributed by atoms with van der Waals surface area (Å²) in [5.41, 5.74) is -0.302. The molecule has 2 rings (SSSR count). The van der Waals surface area contributed by atoms with Crippen molar-refractivity contribution < 1.29 is 18.4 Å². The molecule has 5 nitrogen and oxygen atoms in total. The van der Waals surface area contributed by atoms with Gasteiger partial charge in [0, 0.05) is 18.9 Å². The van der Waals surface area contributed by atoms with E-state index in [0.29, 0.717) is 6.54 Å². The van der Waals surface area contributed by atoms with E-state index in [0.717, 1.165) is 31.4 Å². The molecule has 0 spiro atoms. The van der Waals surface area contributed by atoms with E-state index >= 15 is 0 Å². The smallest absolute Gasteiger partial charge is 0.257 e. The molecule has 0 saturated heterocycles. The first-order valence-electron chi connectivity index (χ1n) is 8.01. The molecule has 2 amide bonds. The molecule has 0 aliphatic rings. The molecule has 0 radical (unpaired) electrons. The van der Waals surface area contributed by atoms with Crippen LogP contribution in [0.4, 0.5) is 14.5 Å². The number of pyridine rings is 1. The summed E-state index contributed by atoms with van der Waals surface area (Å²) >= 11 is 0. The number of carbonyl (C=O) groups is 2. The maximum absolute atomic E-state index is 13.6. The van der Waals surface area contributed by atoms with Crippen molar-refractivity contribution in [3.05, 3.63) is 59.4 Å². The van der Waals surface area contributed by atoms with E-state index in [2.05, 4.69) is 22.5 Å². The van der Waals surface area contributed by atoms with Gasteiger partial charge in [-0.05, 0) is 24.6 Å². The fourth-order valence-corrected chi connectivity index (χ4v) is 2.17. The number of nitrogens with zero attached hydrogens (tertiary/aromatic N) is 1. The molecule has 132 valence electrons. The molecule has 0 aliphatic carbocycles. The molecule has 0 saturated carbocycles. The lowest BCUT2D eigenvalue weighted by Gasteiger charge is -2.09. The summed E-state index contributed by atoms with van der Waals surface area (Å²) in [4.78, 5) is 28.1. The van der Waals surface area contributed by atoms with Crippen LogP contribution in [-0.4, -0.2) is 23.3 Å². The Labute approximate surface area is 144 Å². The Morgan fingerprint density at radius 2 is 1.68 bits per heavy atom. The van der Waals surface area contributed by atoms with E-state index in [4.69, 9.17) is 0 Å². The molecule has 7 heteroatoms. The lowest BCUT2D eigenvalue weighted by atomic mass is 10.1. The zero-order valence-electron chi connectivity index (χ0n) is 13.8. The quantitative estimate of drug-likeness (QED) is 0.753. The maximum atomic E-state index is 13.6. The van der Waals surface area contributed by atoms with Gasteiger partial charge in [0.05, 0.1) is 11.1 Å². The third-order valence-corrected chi connectivity index (χ3v) is 3.53. The number of anilines is 1. The Morgan fingerprint density at radius 3 is 2.32 bits per heavy atom. The van der Waals surface area contributed by atoms with Gasteiger partial charge in [0.2, 0.25) is 0 Å². The third kappa shape index (κ3) is 5.07. The van der Waals surface area contributed by atoms with Crippen molar-refractivity contribution in [3.8, 4) is 0 Å². The molecule has 0 bridgehead atoms. The van der Waals surface area contributed by atoms with Crippen molar-refractivity contribution >= 4 is 17.5 Å². The maximum Gasteiger partial charge on any atom is 0.257 e. The summed E-state index contributed by atoms with van der Waals surface area (Å²) < 4.78 is 27.2. The van der Waals surface area contributed by atoms with Crippen molar-refractivity contribution in [2.75, 3.05) is 11.9 Å². The number of rotatable bonds is 7. The number of hydrogen-bond acceptors (Lipinski definition) is 3. The Kier molecular flexibility index (Phi) is 6.56. The SMILES string of the molecule is CCCCCNC(=O)c1cncc(C(=O)Nc2c(F)cccc2F)c1. The van der Waals surface area contributed by atoms with Crippen LogP contribution >= 0.6 is 0 Å². The fourth-order valence-electron chi connectivity index (χ4n) is 2.17. The largest absolute Gasteiger partial charge is 0.352 e. The van der Waals surface area contributed by atoms with Crippen LogP contribution in [0.2, 0.25) is 0 Å². The number of hydrogen-bond donors (Lipinski definition) is 2. The van der Waals surface area contributed by atoms with Crippen molar-refractivity contribution in [1.29, 1.82) is 0 Å². The number of amides is 2. The standard InChI is InChI=1S/C18H19F2N3O2/c1-2-3-4-8-22-17(24)12-9-13(11-21-10-12)18(25)23-16-14(19)6-5-7-15(16)20/h5-7,9-11H,2-4,8H2,1H3,(H,22,24)(H,23,25). The molecule has 0 unspecified atom stereocenters. The summed E-state index contributed by atoms with van der Waals surface area (Å²) in [5, 5.41) is 4.90. The molecule has 25 heavy (non-hydrogen) atoms. The predicted molar refractivity (Wildman–Crippen MR) is 90.4 cm³/mol. The highest BCUT2D eigenvalue weighted by Crippen LogP contribution is 2.19. The van der Waals surface area contributed by atoms with Crippen LogP contribution in [0.1, 0.15) is 46.9 Å². The van der Waals surface area contributed by atoms with Crippen molar-refractivity contribution in [2.24, 2.45) is 0 Å². The zero-order valence-corrected chi connectivity index (χ0v) is 13.8. The van der Waals surface area contributed by atoms with Crippen molar-refractivity contribution in [3.63, 3.8) is 0 Å². The fraction of sp³-hybridized carbons (Fsp3) is 0.278. The Bertz CT molecular complexity index is 745. The van der Waals surface area contributed by atoms with E-state index < -0.39 is 23.2 Å². The molecule has 1 aromatic heterocycles. The van der Waals surface area contributed by atoms with Crippen LogP contribution in [0.5, 0.6) is 0 Å². The zero-order chi connectivity index (χ0) is 18.2. The Hall–Kier alpha value is -2.83. The molecule has 0 fully saturated rings. The number of halogens is 2. The molecular weight excluding hydrogens is 328 g/mol. The van der Waals surface area contributed by atoms with Gasteiger partial charge in [-0.2, -0.15) is 0 Å². The minimum absolute atomic E-state index is 0.0314. The van der Waals surface area contributed by atoms with E-state index in [9.17, 15) is 18.4 Å². The molecule has 2 aromatic rings. The lowest BCUT2D eigenvalue weighted by molar-refractivity contribution is 0.0952. The van der Waals surface area contributed by atoms with Crippen LogP contribution in [0.15, 0.2) is 36.7 Å². The molecule has 1 heterocycles. The first-order valence-corrected chi connectivity index (χ1v) is 8.01. The number of aromatic nitrogens is 1. The second kappa shape index (κ2) is 8.86. The number of carbonyl (C=O) groups excluding carboxylic acids is 2. The summed E-state index contributed by atoms with van der Waals surface area (Å²) in [5.74, 6) is -2.87. The van der Waals surface area contributed by atoms with Crippen LogP contribution in [0.25, 0.3) is 0 Å². The van der Waals surface area contributed by atoms with Gasteiger partial charge in [-0.3, -0.25) is 14.6 Å². The summed E-state index contributed by atoms with van der Waals surface area (Å²) in [6.07, 6.45) is 5.47. The highest BCUT2D eigenvalue weighted by atomic mass is 19.1. The van der Waals surface area contributed by atoms with E-state index in [1.54, 1.807) is 0 Å². The topological polar surface area (TPSA) is 71.1 Å². The first kappa shape index (κ1) is 18.5. The van der Waals surface area contributed by atoms with Gasteiger partial charge in [-0.25, -0.2) is 8.78 Å².